The Morgan fingerprint density at radius 3 is 3.00 bits per heavy atom. The van der Waals surface area contributed by atoms with Crippen LogP contribution >= 0.6 is 0 Å². The summed E-state index contributed by atoms with van der Waals surface area (Å²) in [5.41, 5.74) is 1.87. The van der Waals surface area contributed by atoms with E-state index >= 15 is 0 Å². The topological polar surface area (TPSA) is 85.2 Å². The molecule has 0 unspecified atom stereocenters. The lowest BCUT2D eigenvalue weighted by molar-refractivity contribution is -0.400. The Kier molecular flexibility index (Phi) is 3.61. The summed E-state index contributed by atoms with van der Waals surface area (Å²) in [5.74, 6) is -0.408. The monoisotopic (exact) mass is 260 g/mol. The van der Waals surface area contributed by atoms with Crippen molar-refractivity contribution in [1.29, 1.82) is 0 Å². The van der Waals surface area contributed by atoms with Gasteiger partial charge in [-0.2, -0.15) is 0 Å². The van der Waals surface area contributed by atoms with Crippen LogP contribution in [0.4, 0.5) is 0 Å². The molecule has 6 nitrogen and oxygen atoms in total. The molecule has 0 aliphatic heterocycles. The molecule has 1 N–H and O–H groups in total. The highest BCUT2D eigenvalue weighted by atomic mass is 16.6. The fraction of sp³-hybridized carbons (Fsp3) is 0.154. The second-order valence-electron chi connectivity index (χ2n) is 3.83. The largest absolute Gasteiger partial charge is 0.462 e. The molecule has 2 aromatic rings. The molecule has 98 valence electrons. The number of hydrogen-bond donors (Lipinski definition) is 1. The molecule has 1 heterocycles. The van der Waals surface area contributed by atoms with Gasteiger partial charge in [0.25, 0.3) is 0 Å². The highest BCUT2D eigenvalue weighted by Gasteiger charge is 2.09. The lowest BCUT2D eigenvalue weighted by Gasteiger charge is -2.01. The van der Waals surface area contributed by atoms with Gasteiger partial charge in [-0.1, -0.05) is 0 Å². The number of aromatic amines is 1. The molecule has 0 fully saturated rings. The molecule has 0 aliphatic carbocycles. The van der Waals surface area contributed by atoms with Crippen molar-refractivity contribution in [2.45, 2.75) is 6.92 Å². The molecule has 0 saturated heterocycles. The zero-order chi connectivity index (χ0) is 13.8. The van der Waals surface area contributed by atoms with Crippen LogP contribution < -0.4 is 0 Å². The third kappa shape index (κ3) is 2.79. The fourth-order valence-electron chi connectivity index (χ4n) is 1.76. The fourth-order valence-corrected chi connectivity index (χ4v) is 1.76. The predicted octanol–water partition coefficient (Wildman–Crippen LogP) is 2.59. The van der Waals surface area contributed by atoms with Crippen molar-refractivity contribution in [1.82, 2.24) is 4.98 Å². The smallest absolute Gasteiger partial charge is 0.338 e. The first kappa shape index (κ1) is 12.8. The summed E-state index contributed by atoms with van der Waals surface area (Å²) in [6.07, 6.45) is 3.90. The Balaban J connectivity index is 2.42. The van der Waals surface area contributed by atoms with Crippen molar-refractivity contribution in [3.8, 4) is 0 Å². The number of hydrogen-bond acceptors (Lipinski definition) is 4. The van der Waals surface area contributed by atoms with Crippen LogP contribution in [0.5, 0.6) is 0 Å². The SMILES string of the molecule is CCOC(=O)c1ccc2[nH]cc(C=C[N+](=O)[O-])c2c1. The van der Waals surface area contributed by atoms with Crippen molar-refractivity contribution in [3.05, 3.63) is 51.8 Å². The molecule has 1 aromatic carbocycles. The molecule has 0 amide bonds. The normalized spacial score (nSPS) is 11.0. The lowest BCUT2D eigenvalue weighted by Crippen LogP contribution is -2.04. The van der Waals surface area contributed by atoms with E-state index in [0.29, 0.717) is 17.7 Å². The lowest BCUT2D eigenvalue weighted by atomic mass is 10.1. The van der Waals surface area contributed by atoms with Crippen LogP contribution in [0.3, 0.4) is 0 Å². The number of rotatable bonds is 4. The highest BCUT2D eigenvalue weighted by Crippen LogP contribution is 2.21. The first-order chi connectivity index (χ1) is 9.11. The third-order valence-electron chi connectivity index (χ3n) is 2.60. The number of carbonyl (C=O) groups is 1. The number of H-pyrrole nitrogens is 1. The van der Waals surface area contributed by atoms with E-state index in [0.717, 1.165) is 17.1 Å². The predicted molar refractivity (Wildman–Crippen MR) is 70.3 cm³/mol. The van der Waals surface area contributed by atoms with E-state index in [1.54, 1.807) is 31.3 Å². The molecule has 0 aliphatic rings. The number of fused-ring (bicyclic) bond motifs is 1. The average Bonchev–Trinajstić information content (AvgIpc) is 2.78. The Bertz CT molecular complexity index is 658. The Morgan fingerprint density at radius 1 is 1.53 bits per heavy atom. The summed E-state index contributed by atoms with van der Waals surface area (Å²) in [6.45, 7) is 2.04. The first-order valence-electron chi connectivity index (χ1n) is 5.71. The van der Waals surface area contributed by atoms with E-state index in [-0.39, 0.29) is 0 Å². The van der Waals surface area contributed by atoms with Crippen molar-refractivity contribution in [2.24, 2.45) is 0 Å². The number of aromatic nitrogens is 1. The van der Waals surface area contributed by atoms with E-state index in [9.17, 15) is 14.9 Å². The van der Waals surface area contributed by atoms with Crippen molar-refractivity contribution >= 4 is 22.9 Å². The van der Waals surface area contributed by atoms with Crippen molar-refractivity contribution in [2.75, 3.05) is 6.61 Å². The summed E-state index contributed by atoms with van der Waals surface area (Å²) in [5, 5.41) is 11.1. The quantitative estimate of drug-likeness (QED) is 0.520. The maximum absolute atomic E-state index is 11.6. The van der Waals surface area contributed by atoms with Gasteiger partial charge < -0.3 is 9.72 Å². The minimum atomic E-state index is -0.534. The van der Waals surface area contributed by atoms with E-state index in [2.05, 4.69) is 4.98 Å². The summed E-state index contributed by atoms with van der Waals surface area (Å²) >= 11 is 0. The van der Waals surface area contributed by atoms with Gasteiger partial charge in [-0.25, -0.2) is 4.79 Å². The number of esters is 1. The third-order valence-corrected chi connectivity index (χ3v) is 2.60. The zero-order valence-corrected chi connectivity index (χ0v) is 10.3. The zero-order valence-electron chi connectivity index (χ0n) is 10.3. The van der Waals surface area contributed by atoms with Crippen LogP contribution in [-0.4, -0.2) is 22.5 Å². The Morgan fingerprint density at radius 2 is 2.32 bits per heavy atom. The van der Waals surface area contributed by atoms with E-state index in [1.807, 2.05) is 0 Å². The molecular weight excluding hydrogens is 248 g/mol. The molecule has 1 aromatic heterocycles. The molecule has 19 heavy (non-hydrogen) atoms. The number of benzene rings is 1. The molecular formula is C13H12N2O4. The van der Waals surface area contributed by atoms with Gasteiger partial charge in [0.05, 0.1) is 17.1 Å². The maximum atomic E-state index is 11.6. The number of nitro groups is 1. The summed E-state index contributed by atoms with van der Waals surface area (Å²) < 4.78 is 4.92. The highest BCUT2D eigenvalue weighted by molar-refractivity contribution is 5.97. The van der Waals surface area contributed by atoms with Gasteiger partial charge in [-0.05, 0) is 25.1 Å². The van der Waals surface area contributed by atoms with Crippen LogP contribution in [-0.2, 0) is 4.74 Å². The molecule has 2 rings (SSSR count). The molecule has 0 spiro atoms. The summed E-state index contributed by atoms with van der Waals surface area (Å²) in [6, 6.07) is 5.05. The second kappa shape index (κ2) is 5.34. The van der Waals surface area contributed by atoms with Gasteiger partial charge >= 0.3 is 5.97 Å². The van der Waals surface area contributed by atoms with Gasteiger partial charge in [0.2, 0.25) is 6.20 Å². The number of carbonyl (C=O) groups excluding carboxylic acids is 1. The minimum Gasteiger partial charge on any atom is -0.462 e. The van der Waals surface area contributed by atoms with Crippen LogP contribution in [0.2, 0.25) is 0 Å². The first-order valence-corrected chi connectivity index (χ1v) is 5.71. The van der Waals surface area contributed by atoms with Crippen molar-refractivity contribution < 1.29 is 14.5 Å². The number of nitrogens with one attached hydrogen (secondary N) is 1. The number of nitrogens with zero attached hydrogens (tertiary/aromatic N) is 1. The molecule has 0 radical (unpaired) electrons. The van der Waals surface area contributed by atoms with Crippen LogP contribution in [0.25, 0.3) is 17.0 Å². The summed E-state index contributed by atoms with van der Waals surface area (Å²) in [7, 11) is 0. The Labute approximate surface area is 108 Å². The second-order valence-corrected chi connectivity index (χ2v) is 3.83. The maximum Gasteiger partial charge on any atom is 0.338 e. The molecule has 0 atom stereocenters. The molecule has 0 bridgehead atoms. The van der Waals surface area contributed by atoms with Crippen molar-refractivity contribution in [3.63, 3.8) is 0 Å². The van der Waals surface area contributed by atoms with E-state index < -0.39 is 10.9 Å². The van der Waals surface area contributed by atoms with E-state index in [4.69, 9.17) is 4.74 Å². The Hall–Kier alpha value is -2.63. The summed E-state index contributed by atoms with van der Waals surface area (Å²) in [4.78, 5) is 24.4. The molecule has 6 heteroatoms. The minimum absolute atomic E-state index is 0.304. The molecule has 0 saturated carbocycles. The van der Waals surface area contributed by atoms with E-state index in [1.165, 1.54) is 6.08 Å². The average molecular weight is 260 g/mol. The van der Waals surface area contributed by atoms with Gasteiger partial charge in [-0.3, -0.25) is 10.1 Å². The van der Waals surface area contributed by atoms with Crippen LogP contribution in [0.15, 0.2) is 30.6 Å². The van der Waals surface area contributed by atoms with Crippen LogP contribution in [0.1, 0.15) is 22.8 Å². The van der Waals surface area contributed by atoms with Gasteiger partial charge in [0, 0.05) is 28.7 Å². The van der Waals surface area contributed by atoms with Gasteiger partial charge in [0.1, 0.15) is 0 Å². The van der Waals surface area contributed by atoms with Gasteiger partial charge in [-0.15, -0.1) is 0 Å². The number of ether oxygens (including phenoxy) is 1. The standard InChI is InChI=1S/C13H12N2O4/c1-2-19-13(16)9-3-4-12-11(7-9)10(8-14-12)5-6-15(17)18/h3-8,14H,2H2,1H3. The van der Waals surface area contributed by atoms with Crippen LogP contribution in [0, 0.1) is 10.1 Å². The van der Waals surface area contributed by atoms with Gasteiger partial charge in [0.15, 0.2) is 0 Å².